The Kier molecular flexibility index (Phi) is 4.76. The van der Waals surface area contributed by atoms with Gasteiger partial charge in [0.2, 0.25) is 0 Å². The predicted molar refractivity (Wildman–Crippen MR) is 98.8 cm³/mol. The monoisotopic (exact) mass is 359 g/mol. The molecule has 3 rings (SSSR count). The Morgan fingerprint density at radius 1 is 1.12 bits per heavy atom. The molecule has 1 aromatic carbocycles. The van der Waals surface area contributed by atoms with Crippen molar-refractivity contribution in [2.24, 2.45) is 0 Å². The molecule has 6 nitrogen and oxygen atoms in total. The standard InChI is InChI=1S/C18H21N3O3S/c1-12-7-13(2)9-16(8-12)21-18(22)17-10-14(3-5-19-17)20-15-4-6-25(23,24)11-15/h3,5,7-10,15H,4,6,11H2,1-2H3,(H,19,20)(H,21,22). The molecule has 1 unspecified atom stereocenters. The number of anilines is 2. The maximum Gasteiger partial charge on any atom is 0.274 e. The molecule has 1 saturated heterocycles. The number of sulfone groups is 1. The summed E-state index contributed by atoms with van der Waals surface area (Å²) in [4.78, 5) is 16.5. The summed E-state index contributed by atoms with van der Waals surface area (Å²) in [5.74, 6) is 0.0302. The number of pyridine rings is 1. The molecule has 0 radical (unpaired) electrons. The maximum atomic E-state index is 12.4. The van der Waals surface area contributed by atoms with E-state index in [0.717, 1.165) is 16.8 Å². The van der Waals surface area contributed by atoms with Crippen molar-refractivity contribution in [1.29, 1.82) is 0 Å². The molecule has 1 aliphatic heterocycles. The largest absolute Gasteiger partial charge is 0.381 e. The molecule has 0 bridgehead atoms. The van der Waals surface area contributed by atoms with Gasteiger partial charge in [0.25, 0.3) is 5.91 Å². The van der Waals surface area contributed by atoms with E-state index in [1.54, 1.807) is 18.3 Å². The zero-order chi connectivity index (χ0) is 18.0. The maximum absolute atomic E-state index is 12.4. The van der Waals surface area contributed by atoms with Crippen molar-refractivity contribution >= 4 is 27.1 Å². The molecular weight excluding hydrogens is 338 g/mol. The number of aromatic nitrogens is 1. The molecule has 1 atom stereocenters. The molecule has 2 aromatic rings. The van der Waals surface area contributed by atoms with E-state index in [1.165, 1.54) is 0 Å². The smallest absolute Gasteiger partial charge is 0.274 e. The van der Waals surface area contributed by atoms with Crippen molar-refractivity contribution in [2.45, 2.75) is 26.3 Å². The highest BCUT2D eigenvalue weighted by Gasteiger charge is 2.27. The molecule has 7 heteroatoms. The van der Waals surface area contributed by atoms with Crippen LogP contribution in [0.5, 0.6) is 0 Å². The first-order valence-electron chi connectivity index (χ1n) is 8.13. The molecule has 2 N–H and O–H groups in total. The average Bonchev–Trinajstić information content (AvgIpc) is 2.85. The van der Waals surface area contributed by atoms with Crippen LogP contribution in [-0.4, -0.2) is 36.9 Å². The van der Waals surface area contributed by atoms with Crippen molar-refractivity contribution in [3.05, 3.63) is 53.3 Å². The zero-order valence-electron chi connectivity index (χ0n) is 14.2. The number of hydrogen-bond acceptors (Lipinski definition) is 5. The average molecular weight is 359 g/mol. The molecule has 0 saturated carbocycles. The third-order valence-corrected chi connectivity index (χ3v) is 5.84. The number of benzene rings is 1. The molecular formula is C18H21N3O3S. The van der Waals surface area contributed by atoms with Crippen molar-refractivity contribution in [1.82, 2.24) is 4.98 Å². The summed E-state index contributed by atoms with van der Waals surface area (Å²) in [6.07, 6.45) is 2.12. The molecule has 25 heavy (non-hydrogen) atoms. The van der Waals surface area contributed by atoms with Gasteiger partial charge in [-0.2, -0.15) is 0 Å². The van der Waals surface area contributed by atoms with Gasteiger partial charge < -0.3 is 10.6 Å². The second-order valence-electron chi connectivity index (χ2n) is 6.50. The molecule has 1 fully saturated rings. The van der Waals surface area contributed by atoms with Gasteiger partial charge in [0.1, 0.15) is 5.69 Å². The quantitative estimate of drug-likeness (QED) is 0.876. The first-order valence-corrected chi connectivity index (χ1v) is 9.95. The molecule has 2 heterocycles. The van der Waals surface area contributed by atoms with E-state index in [2.05, 4.69) is 15.6 Å². The van der Waals surface area contributed by atoms with E-state index in [4.69, 9.17) is 0 Å². The zero-order valence-corrected chi connectivity index (χ0v) is 15.1. The van der Waals surface area contributed by atoms with Crippen LogP contribution < -0.4 is 10.6 Å². The van der Waals surface area contributed by atoms with Crippen molar-refractivity contribution in [3.63, 3.8) is 0 Å². The van der Waals surface area contributed by atoms with Gasteiger partial charge in [-0.25, -0.2) is 8.42 Å². The van der Waals surface area contributed by atoms with Crippen LogP contribution in [0.4, 0.5) is 11.4 Å². The van der Waals surface area contributed by atoms with E-state index in [-0.39, 0.29) is 29.1 Å². The second kappa shape index (κ2) is 6.84. The summed E-state index contributed by atoms with van der Waals surface area (Å²) in [6.45, 7) is 3.95. The number of amides is 1. The van der Waals surface area contributed by atoms with Crippen LogP contribution in [0.15, 0.2) is 36.5 Å². The SMILES string of the molecule is Cc1cc(C)cc(NC(=O)c2cc(NC3CCS(=O)(=O)C3)ccn2)c1. The van der Waals surface area contributed by atoms with Crippen LogP contribution in [0, 0.1) is 13.8 Å². The van der Waals surface area contributed by atoms with E-state index < -0.39 is 9.84 Å². The summed E-state index contributed by atoms with van der Waals surface area (Å²) in [7, 11) is -2.95. The van der Waals surface area contributed by atoms with Crippen LogP contribution in [0.2, 0.25) is 0 Å². The minimum absolute atomic E-state index is 0.122. The minimum Gasteiger partial charge on any atom is -0.381 e. The van der Waals surface area contributed by atoms with E-state index >= 15 is 0 Å². The number of nitrogens with zero attached hydrogens (tertiary/aromatic N) is 1. The third-order valence-electron chi connectivity index (χ3n) is 4.08. The van der Waals surface area contributed by atoms with Gasteiger partial charge in [0, 0.05) is 23.6 Å². The van der Waals surface area contributed by atoms with Gasteiger partial charge in [-0.1, -0.05) is 6.07 Å². The van der Waals surface area contributed by atoms with E-state index in [1.807, 2.05) is 32.0 Å². The Bertz CT molecular complexity index is 889. The number of hydrogen-bond donors (Lipinski definition) is 2. The normalized spacial score (nSPS) is 18.7. The van der Waals surface area contributed by atoms with Crippen molar-refractivity contribution in [2.75, 3.05) is 22.1 Å². The van der Waals surface area contributed by atoms with E-state index in [0.29, 0.717) is 12.1 Å². The highest BCUT2D eigenvalue weighted by atomic mass is 32.2. The predicted octanol–water partition coefficient (Wildman–Crippen LogP) is 2.55. The van der Waals surface area contributed by atoms with Crippen LogP contribution in [-0.2, 0) is 9.84 Å². The van der Waals surface area contributed by atoms with Crippen LogP contribution >= 0.6 is 0 Å². The van der Waals surface area contributed by atoms with Crippen LogP contribution in [0.1, 0.15) is 28.0 Å². The summed E-state index contributed by atoms with van der Waals surface area (Å²) in [5.41, 5.74) is 3.85. The fourth-order valence-corrected chi connectivity index (χ4v) is 4.70. The summed E-state index contributed by atoms with van der Waals surface area (Å²) >= 11 is 0. The number of aryl methyl sites for hydroxylation is 2. The van der Waals surface area contributed by atoms with Gasteiger partial charge >= 0.3 is 0 Å². The molecule has 132 valence electrons. The van der Waals surface area contributed by atoms with Crippen LogP contribution in [0.3, 0.4) is 0 Å². The lowest BCUT2D eigenvalue weighted by molar-refractivity contribution is 0.102. The fraction of sp³-hybridized carbons (Fsp3) is 0.333. The minimum atomic E-state index is -2.95. The van der Waals surface area contributed by atoms with Gasteiger partial charge in [-0.3, -0.25) is 9.78 Å². The lowest BCUT2D eigenvalue weighted by Gasteiger charge is -2.13. The Labute approximate surface area is 147 Å². The van der Waals surface area contributed by atoms with Gasteiger partial charge in [0.15, 0.2) is 9.84 Å². The van der Waals surface area contributed by atoms with Crippen molar-refractivity contribution in [3.8, 4) is 0 Å². The van der Waals surface area contributed by atoms with Crippen LogP contribution in [0.25, 0.3) is 0 Å². The summed E-state index contributed by atoms with van der Waals surface area (Å²) < 4.78 is 23.1. The van der Waals surface area contributed by atoms with Gasteiger partial charge in [-0.15, -0.1) is 0 Å². The summed E-state index contributed by atoms with van der Waals surface area (Å²) in [6, 6.07) is 9.09. The third kappa shape index (κ3) is 4.57. The topological polar surface area (TPSA) is 88.2 Å². The molecule has 0 aliphatic carbocycles. The Hall–Kier alpha value is -2.41. The number of rotatable bonds is 4. The second-order valence-corrected chi connectivity index (χ2v) is 8.73. The first kappa shape index (κ1) is 17.4. The highest BCUT2D eigenvalue weighted by Crippen LogP contribution is 2.19. The Morgan fingerprint density at radius 2 is 1.84 bits per heavy atom. The highest BCUT2D eigenvalue weighted by molar-refractivity contribution is 7.91. The van der Waals surface area contributed by atoms with Gasteiger partial charge in [0.05, 0.1) is 11.5 Å². The molecule has 1 amide bonds. The fourth-order valence-electron chi connectivity index (χ4n) is 3.03. The first-order chi connectivity index (χ1) is 11.8. The number of carbonyl (C=O) groups excluding carboxylic acids is 1. The Balaban J connectivity index is 1.71. The van der Waals surface area contributed by atoms with E-state index in [9.17, 15) is 13.2 Å². The lowest BCUT2D eigenvalue weighted by Crippen LogP contribution is -2.21. The molecule has 0 spiro atoms. The van der Waals surface area contributed by atoms with Crippen molar-refractivity contribution < 1.29 is 13.2 Å². The summed E-state index contributed by atoms with van der Waals surface area (Å²) in [5, 5.41) is 6.02. The van der Waals surface area contributed by atoms with Gasteiger partial charge in [-0.05, 0) is 55.7 Å². The number of carbonyl (C=O) groups is 1. The lowest BCUT2D eigenvalue weighted by atomic mass is 10.1. The number of nitrogens with one attached hydrogen (secondary N) is 2. The molecule has 1 aliphatic rings. The molecule has 1 aromatic heterocycles. The Morgan fingerprint density at radius 3 is 2.48 bits per heavy atom.